The van der Waals surface area contributed by atoms with Gasteiger partial charge in [0.15, 0.2) is 0 Å². The normalized spacial score (nSPS) is 13.0. The first kappa shape index (κ1) is 19.7. The quantitative estimate of drug-likeness (QED) is 0.605. The number of rotatable bonds is 7. The largest absolute Gasteiger partial charge is 0.489 e. The molecular formula is C23H23N3O4. The summed E-state index contributed by atoms with van der Waals surface area (Å²) in [6.45, 7) is 4.01. The van der Waals surface area contributed by atoms with Crippen LogP contribution >= 0.6 is 0 Å². The molecule has 1 saturated carbocycles. The number of aromatic nitrogens is 1. The number of hydrogen-bond donors (Lipinski definition) is 2. The SMILES string of the molecule is Cc1noc(C)c1COc1cccc(C(=O)Nc2cccc(NC(=O)C3CC3)c2)c1. The summed E-state index contributed by atoms with van der Waals surface area (Å²) in [6, 6.07) is 14.1. The summed E-state index contributed by atoms with van der Waals surface area (Å²) >= 11 is 0. The van der Waals surface area contributed by atoms with E-state index in [0.717, 1.165) is 29.9 Å². The maximum atomic E-state index is 12.7. The molecule has 2 N–H and O–H groups in total. The van der Waals surface area contributed by atoms with Crippen molar-refractivity contribution >= 4 is 23.2 Å². The minimum Gasteiger partial charge on any atom is -0.489 e. The van der Waals surface area contributed by atoms with Crippen molar-refractivity contribution in [3.63, 3.8) is 0 Å². The van der Waals surface area contributed by atoms with E-state index in [1.165, 1.54) is 0 Å². The number of nitrogens with zero attached hydrogens (tertiary/aromatic N) is 1. The highest BCUT2D eigenvalue weighted by Gasteiger charge is 2.29. The van der Waals surface area contributed by atoms with Crippen molar-refractivity contribution in [1.29, 1.82) is 0 Å². The van der Waals surface area contributed by atoms with Gasteiger partial charge in [0.2, 0.25) is 5.91 Å². The van der Waals surface area contributed by atoms with Gasteiger partial charge in [-0.05, 0) is 63.1 Å². The smallest absolute Gasteiger partial charge is 0.255 e. The lowest BCUT2D eigenvalue weighted by Gasteiger charge is -2.10. The molecule has 4 rings (SSSR count). The lowest BCUT2D eigenvalue weighted by Crippen LogP contribution is -2.14. The molecule has 1 aliphatic carbocycles. The van der Waals surface area contributed by atoms with Gasteiger partial charge in [-0.1, -0.05) is 17.3 Å². The van der Waals surface area contributed by atoms with Crippen LogP contribution in [0.1, 0.15) is 40.2 Å². The standard InChI is InChI=1S/C23H23N3O4/c1-14-21(15(2)30-26-14)13-29-20-8-3-5-17(11-20)23(28)25-19-7-4-6-18(12-19)24-22(27)16-9-10-16/h3-8,11-12,16H,9-10,13H2,1-2H3,(H,24,27)(H,25,28). The van der Waals surface area contributed by atoms with E-state index in [1.807, 2.05) is 13.8 Å². The third-order valence-electron chi connectivity index (χ3n) is 5.00. The second-order valence-electron chi connectivity index (χ2n) is 7.42. The van der Waals surface area contributed by atoms with Gasteiger partial charge in [-0.25, -0.2) is 0 Å². The summed E-state index contributed by atoms with van der Waals surface area (Å²) in [4.78, 5) is 24.6. The highest BCUT2D eigenvalue weighted by molar-refractivity contribution is 6.05. The molecule has 1 heterocycles. The summed E-state index contributed by atoms with van der Waals surface area (Å²) in [5.74, 6) is 1.18. The number of carbonyl (C=O) groups is 2. The van der Waals surface area contributed by atoms with Crippen molar-refractivity contribution < 1.29 is 18.8 Å². The molecule has 30 heavy (non-hydrogen) atoms. The van der Waals surface area contributed by atoms with Crippen molar-refractivity contribution in [3.05, 3.63) is 71.1 Å². The number of nitrogens with one attached hydrogen (secondary N) is 2. The molecule has 7 nitrogen and oxygen atoms in total. The first-order valence-corrected chi connectivity index (χ1v) is 9.86. The van der Waals surface area contributed by atoms with Crippen LogP contribution in [0.4, 0.5) is 11.4 Å². The Labute approximate surface area is 174 Å². The fourth-order valence-electron chi connectivity index (χ4n) is 3.06. The van der Waals surface area contributed by atoms with Crippen molar-refractivity contribution in [2.45, 2.75) is 33.3 Å². The molecule has 2 amide bonds. The number of carbonyl (C=O) groups excluding carboxylic acids is 2. The van der Waals surface area contributed by atoms with Gasteiger partial charge < -0.3 is 19.9 Å². The Bertz CT molecular complexity index is 1070. The molecule has 7 heteroatoms. The van der Waals surface area contributed by atoms with Crippen molar-refractivity contribution in [1.82, 2.24) is 5.16 Å². The number of anilines is 2. The molecule has 1 aromatic heterocycles. The average Bonchev–Trinajstić information content (AvgIpc) is 3.53. The second-order valence-corrected chi connectivity index (χ2v) is 7.42. The molecule has 0 unspecified atom stereocenters. The maximum Gasteiger partial charge on any atom is 0.255 e. The molecule has 2 aromatic carbocycles. The Hall–Kier alpha value is -3.61. The molecule has 154 valence electrons. The fraction of sp³-hybridized carbons (Fsp3) is 0.261. The molecule has 0 radical (unpaired) electrons. The predicted octanol–water partition coefficient (Wildman–Crippen LogP) is 4.47. The molecular weight excluding hydrogens is 382 g/mol. The highest BCUT2D eigenvalue weighted by atomic mass is 16.5. The van der Waals surface area contributed by atoms with Crippen LogP contribution in [0.15, 0.2) is 53.1 Å². The van der Waals surface area contributed by atoms with Crippen LogP contribution in [0, 0.1) is 19.8 Å². The van der Waals surface area contributed by atoms with E-state index < -0.39 is 0 Å². The van der Waals surface area contributed by atoms with E-state index in [4.69, 9.17) is 9.26 Å². The zero-order chi connectivity index (χ0) is 21.1. The Morgan fingerprint density at radius 1 is 1.07 bits per heavy atom. The van der Waals surface area contributed by atoms with E-state index in [-0.39, 0.29) is 17.7 Å². The van der Waals surface area contributed by atoms with Gasteiger partial charge >= 0.3 is 0 Å². The van der Waals surface area contributed by atoms with E-state index in [0.29, 0.717) is 29.3 Å². The summed E-state index contributed by atoms with van der Waals surface area (Å²) in [6.07, 6.45) is 1.88. The lowest BCUT2D eigenvalue weighted by atomic mass is 10.2. The van der Waals surface area contributed by atoms with Gasteiger partial charge in [0.05, 0.1) is 11.3 Å². The first-order valence-electron chi connectivity index (χ1n) is 9.86. The Morgan fingerprint density at radius 2 is 1.80 bits per heavy atom. The number of benzene rings is 2. The van der Waals surface area contributed by atoms with Gasteiger partial charge in [0.25, 0.3) is 5.91 Å². The molecule has 3 aromatic rings. The summed E-state index contributed by atoms with van der Waals surface area (Å²) < 4.78 is 11.0. The minimum atomic E-state index is -0.261. The zero-order valence-corrected chi connectivity index (χ0v) is 16.9. The van der Waals surface area contributed by atoms with Gasteiger partial charge in [0, 0.05) is 22.9 Å². The maximum absolute atomic E-state index is 12.7. The van der Waals surface area contributed by atoms with Crippen LogP contribution < -0.4 is 15.4 Å². The Kier molecular flexibility index (Phi) is 5.52. The summed E-state index contributed by atoms with van der Waals surface area (Å²) in [5.41, 5.74) is 3.43. The third-order valence-corrected chi connectivity index (χ3v) is 5.00. The van der Waals surface area contributed by atoms with Crippen LogP contribution in [-0.2, 0) is 11.4 Å². The van der Waals surface area contributed by atoms with E-state index in [2.05, 4.69) is 15.8 Å². The Balaban J connectivity index is 1.40. The van der Waals surface area contributed by atoms with Crippen LogP contribution in [-0.4, -0.2) is 17.0 Å². The van der Waals surface area contributed by atoms with Crippen molar-refractivity contribution in [2.24, 2.45) is 5.92 Å². The molecule has 0 saturated heterocycles. The van der Waals surface area contributed by atoms with Crippen LogP contribution in [0.2, 0.25) is 0 Å². The van der Waals surface area contributed by atoms with Crippen LogP contribution in [0.25, 0.3) is 0 Å². The summed E-state index contributed by atoms with van der Waals surface area (Å²) in [5, 5.41) is 9.66. The molecule has 0 bridgehead atoms. The number of amides is 2. The Morgan fingerprint density at radius 3 is 2.50 bits per heavy atom. The zero-order valence-electron chi connectivity index (χ0n) is 16.9. The molecule has 1 fully saturated rings. The molecule has 0 aliphatic heterocycles. The van der Waals surface area contributed by atoms with Gasteiger partial charge in [-0.2, -0.15) is 0 Å². The summed E-state index contributed by atoms with van der Waals surface area (Å²) in [7, 11) is 0. The van der Waals surface area contributed by atoms with Crippen LogP contribution in [0.3, 0.4) is 0 Å². The lowest BCUT2D eigenvalue weighted by molar-refractivity contribution is -0.117. The van der Waals surface area contributed by atoms with E-state index in [9.17, 15) is 9.59 Å². The van der Waals surface area contributed by atoms with Gasteiger partial charge in [-0.15, -0.1) is 0 Å². The molecule has 0 atom stereocenters. The van der Waals surface area contributed by atoms with Crippen LogP contribution in [0.5, 0.6) is 5.75 Å². The topological polar surface area (TPSA) is 93.5 Å². The predicted molar refractivity (Wildman–Crippen MR) is 112 cm³/mol. The second kappa shape index (κ2) is 8.41. The van der Waals surface area contributed by atoms with Gasteiger partial charge in [-0.3, -0.25) is 9.59 Å². The fourth-order valence-corrected chi connectivity index (χ4v) is 3.06. The highest BCUT2D eigenvalue weighted by Crippen LogP contribution is 2.30. The number of hydrogen-bond acceptors (Lipinski definition) is 5. The van der Waals surface area contributed by atoms with E-state index >= 15 is 0 Å². The first-order chi connectivity index (χ1) is 14.5. The van der Waals surface area contributed by atoms with Crippen molar-refractivity contribution in [2.75, 3.05) is 10.6 Å². The molecule has 1 aliphatic rings. The van der Waals surface area contributed by atoms with Crippen molar-refractivity contribution in [3.8, 4) is 5.75 Å². The van der Waals surface area contributed by atoms with E-state index in [1.54, 1.807) is 48.5 Å². The third kappa shape index (κ3) is 4.68. The monoisotopic (exact) mass is 405 g/mol. The molecule has 0 spiro atoms. The minimum absolute atomic E-state index is 0.0293. The van der Waals surface area contributed by atoms with Gasteiger partial charge in [0.1, 0.15) is 18.1 Å². The number of ether oxygens (including phenoxy) is 1. The number of aryl methyl sites for hydroxylation is 2. The average molecular weight is 405 g/mol.